The van der Waals surface area contributed by atoms with Crippen LogP contribution in [0.25, 0.3) is 0 Å². The minimum atomic E-state index is -4.75. The van der Waals surface area contributed by atoms with E-state index in [1.54, 1.807) is 5.32 Å². The van der Waals surface area contributed by atoms with Gasteiger partial charge in [-0.05, 0) is 0 Å². The average Bonchev–Trinajstić information content (AvgIpc) is 2.77. The fourth-order valence-corrected chi connectivity index (χ4v) is 1.11. The minimum absolute atomic E-state index is 0.0780. The number of carbonyl (C=O) groups is 2. The number of nitrogens with one attached hydrogen (secondary N) is 1. The zero-order valence-corrected chi connectivity index (χ0v) is 9.32. The third kappa shape index (κ3) is 3.66. The molecular weight excluding hydrogens is 274 g/mol. The number of aromatic carboxylic acids is 1. The summed E-state index contributed by atoms with van der Waals surface area (Å²) >= 11 is 0. The number of amides is 1. The molecule has 2 N–H and O–H groups in total. The Balaban J connectivity index is 2.46. The van der Waals surface area contributed by atoms with Gasteiger partial charge < -0.3 is 15.0 Å². The molecule has 0 saturated carbocycles. The van der Waals surface area contributed by atoms with E-state index in [4.69, 9.17) is 5.11 Å². The number of imidazole rings is 1. The summed E-state index contributed by atoms with van der Waals surface area (Å²) in [5.41, 5.74) is -0.260. The number of rotatable bonds is 6. The summed E-state index contributed by atoms with van der Waals surface area (Å²) in [7, 11) is 0. The maximum Gasteiger partial charge on any atom is 0.383 e. The molecule has 0 unspecified atom stereocenters. The highest BCUT2D eigenvalue weighted by Gasteiger charge is 2.48. The van der Waals surface area contributed by atoms with Crippen LogP contribution < -0.4 is 5.32 Å². The number of carboxylic acid groups (broad SMARTS) is 1. The predicted molar refractivity (Wildman–Crippen MR) is 53.1 cm³/mol. The summed E-state index contributed by atoms with van der Waals surface area (Å²) < 4.78 is 49.9. The molecule has 0 bridgehead atoms. The third-order valence-corrected chi connectivity index (χ3v) is 2.08. The molecule has 0 saturated heterocycles. The number of aromatic nitrogens is 2. The van der Waals surface area contributed by atoms with Gasteiger partial charge in [-0.3, -0.25) is 4.79 Å². The van der Waals surface area contributed by atoms with Crippen molar-refractivity contribution < 1.29 is 32.3 Å². The van der Waals surface area contributed by atoms with Gasteiger partial charge in [0.2, 0.25) is 0 Å². The Bertz CT molecular complexity index is 475. The van der Waals surface area contributed by atoms with Crippen LogP contribution in [0.4, 0.5) is 17.6 Å². The molecule has 0 aliphatic carbocycles. The lowest BCUT2D eigenvalue weighted by atomic mass is 10.3. The second kappa shape index (κ2) is 5.67. The summed E-state index contributed by atoms with van der Waals surface area (Å²) in [5.74, 6) is -8.10. The summed E-state index contributed by atoms with van der Waals surface area (Å²) in [6.45, 7) is -0.443. The van der Waals surface area contributed by atoms with Gasteiger partial charge in [0.25, 0.3) is 5.91 Å². The molecule has 19 heavy (non-hydrogen) atoms. The van der Waals surface area contributed by atoms with E-state index in [1.807, 2.05) is 0 Å². The fraction of sp³-hybridized carbons (Fsp3) is 0.444. The number of hydrogen-bond donors (Lipinski definition) is 2. The quantitative estimate of drug-likeness (QED) is 0.749. The summed E-state index contributed by atoms with van der Waals surface area (Å²) in [6, 6.07) is 0. The van der Waals surface area contributed by atoms with Crippen LogP contribution >= 0.6 is 0 Å². The van der Waals surface area contributed by atoms with Crippen LogP contribution in [0.2, 0.25) is 0 Å². The monoisotopic (exact) mass is 283 g/mol. The van der Waals surface area contributed by atoms with Gasteiger partial charge in [-0.25, -0.2) is 18.6 Å². The van der Waals surface area contributed by atoms with Crippen molar-refractivity contribution in [1.29, 1.82) is 0 Å². The lowest BCUT2D eigenvalue weighted by Gasteiger charge is -2.14. The van der Waals surface area contributed by atoms with E-state index < -0.39 is 24.2 Å². The van der Waals surface area contributed by atoms with Crippen molar-refractivity contribution in [3.05, 3.63) is 18.2 Å². The van der Waals surface area contributed by atoms with E-state index in [-0.39, 0.29) is 18.8 Å². The Hall–Kier alpha value is -2.13. The van der Waals surface area contributed by atoms with Gasteiger partial charge in [0, 0.05) is 19.3 Å². The van der Waals surface area contributed by atoms with Crippen LogP contribution in [0.1, 0.15) is 10.5 Å². The average molecular weight is 283 g/mol. The van der Waals surface area contributed by atoms with Crippen molar-refractivity contribution >= 4 is 11.9 Å². The van der Waals surface area contributed by atoms with Crippen molar-refractivity contribution in [2.75, 3.05) is 6.54 Å². The van der Waals surface area contributed by atoms with Crippen LogP contribution in [0.15, 0.2) is 12.5 Å². The number of alkyl halides is 4. The maximum atomic E-state index is 12.5. The van der Waals surface area contributed by atoms with Crippen molar-refractivity contribution in [2.45, 2.75) is 18.9 Å². The lowest BCUT2D eigenvalue weighted by Crippen LogP contribution is -2.46. The summed E-state index contributed by atoms with van der Waals surface area (Å²) in [6.07, 6.45) is -1.86. The zero-order chi connectivity index (χ0) is 14.6. The van der Waals surface area contributed by atoms with Gasteiger partial charge >= 0.3 is 18.3 Å². The second-order valence-electron chi connectivity index (χ2n) is 3.48. The first-order valence-corrected chi connectivity index (χ1v) is 4.94. The predicted octanol–water partition coefficient (Wildman–Crippen LogP) is 0.598. The Morgan fingerprint density at radius 1 is 1.47 bits per heavy atom. The molecule has 1 rings (SSSR count). The maximum absolute atomic E-state index is 12.5. The molecule has 1 aromatic rings. The molecule has 1 aromatic heterocycles. The summed E-state index contributed by atoms with van der Waals surface area (Å²) in [4.78, 5) is 24.7. The highest BCUT2D eigenvalue weighted by Crippen LogP contribution is 2.22. The number of halogens is 4. The fourth-order valence-electron chi connectivity index (χ4n) is 1.11. The normalized spacial score (nSPS) is 11.6. The van der Waals surface area contributed by atoms with Crippen LogP contribution in [0.3, 0.4) is 0 Å². The smallest absolute Gasteiger partial charge is 0.383 e. The van der Waals surface area contributed by atoms with Gasteiger partial charge in [0.05, 0.1) is 6.33 Å². The Morgan fingerprint density at radius 2 is 2.11 bits per heavy atom. The highest BCUT2D eigenvalue weighted by molar-refractivity contribution is 5.85. The molecule has 6 nitrogen and oxygen atoms in total. The molecule has 1 heterocycles. The Labute approximate surface area is 104 Å². The number of carboxylic acids is 1. The van der Waals surface area contributed by atoms with Crippen molar-refractivity contribution in [1.82, 2.24) is 14.9 Å². The van der Waals surface area contributed by atoms with E-state index in [2.05, 4.69) is 4.98 Å². The molecule has 106 valence electrons. The van der Waals surface area contributed by atoms with E-state index in [0.29, 0.717) is 0 Å². The third-order valence-electron chi connectivity index (χ3n) is 2.08. The number of carbonyl (C=O) groups excluding carboxylic acids is 1. The molecule has 0 radical (unpaired) electrons. The van der Waals surface area contributed by atoms with Crippen LogP contribution in [0, 0.1) is 0 Å². The molecule has 0 fully saturated rings. The van der Waals surface area contributed by atoms with Crippen molar-refractivity contribution in [3.8, 4) is 0 Å². The lowest BCUT2D eigenvalue weighted by molar-refractivity contribution is -0.169. The first-order valence-electron chi connectivity index (χ1n) is 4.94. The van der Waals surface area contributed by atoms with Gasteiger partial charge in [-0.1, -0.05) is 0 Å². The SMILES string of the molecule is O=C(O)c1cn(CCNC(=O)C(F)(F)C(F)F)cn1. The molecule has 0 spiro atoms. The van der Waals surface area contributed by atoms with E-state index >= 15 is 0 Å². The number of hydrogen-bond acceptors (Lipinski definition) is 3. The second-order valence-corrected chi connectivity index (χ2v) is 3.48. The molecule has 0 atom stereocenters. The number of nitrogens with zero attached hydrogens (tertiary/aromatic N) is 2. The van der Waals surface area contributed by atoms with E-state index in [0.717, 1.165) is 12.5 Å². The molecule has 0 aliphatic rings. The van der Waals surface area contributed by atoms with Gasteiger partial charge in [-0.2, -0.15) is 8.78 Å². The minimum Gasteiger partial charge on any atom is -0.476 e. The van der Waals surface area contributed by atoms with Crippen molar-refractivity contribution in [2.24, 2.45) is 0 Å². The van der Waals surface area contributed by atoms with Crippen molar-refractivity contribution in [3.63, 3.8) is 0 Å². The first kappa shape index (κ1) is 14.9. The first-order chi connectivity index (χ1) is 8.75. The molecule has 10 heteroatoms. The van der Waals surface area contributed by atoms with Crippen LogP contribution in [-0.4, -0.2) is 45.4 Å². The van der Waals surface area contributed by atoms with E-state index in [9.17, 15) is 27.2 Å². The summed E-state index contributed by atoms with van der Waals surface area (Å²) in [5, 5.41) is 10.2. The van der Waals surface area contributed by atoms with Gasteiger partial charge in [-0.15, -0.1) is 0 Å². The largest absolute Gasteiger partial charge is 0.476 e. The van der Waals surface area contributed by atoms with E-state index in [1.165, 1.54) is 4.57 Å². The standard InChI is InChI=1S/C9H9F4N3O3/c10-7(11)9(12,13)8(19)14-1-2-16-3-5(6(17)18)15-4-16/h3-4,7H,1-2H2,(H,14,19)(H,17,18). The Morgan fingerprint density at radius 3 is 2.58 bits per heavy atom. The molecule has 1 amide bonds. The van der Waals surface area contributed by atoms with Gasteiger partial charge in [0.1, 0.15) is 0 Å². The molecule has 0 aliphatic heterocycles. The molecular formula is C9H9F4N3O3. The zero-order valence-electron chi connectivity index (χ0n) is 9.32. The molecule has 0 aromatic carbocycles. The highest BCUT2D eigenvalue weighted by atomic mass is 19.3. The van der Waals surface area contributed by atoms with Crippen LogP contribution in [-0.2, 0) is 11.3 Å². The van der Waals surface area contributed by atoms with Crippen LogP contribution in [0.5, 0.6) is 0 Å². The van der Waals surface area contributed by atoms with Gasteiger partial charge in [0.15, 0.2) is 5.69 Å². The topological polar surface area (TPSA) is 84.2 Å². The Kier molecular flexibility index (Phi) is 4.46.